The summed E-state index contributed by atoms with van der Waals surface area (Å²) in [5.74, 6) is 1.15. The molecule has 0 atom stereocenters. The number of amides is 1. The molecule has 0 fully saturated rings. The minimum absolute atomic E-state index is 0.312. The molecule has 2 aromatic heterocycles. The minimum Gasteiger partial charge on any atom is -0.487 e. The Balaban J connectivity index is 1.81. The Labute approximate surface area is 229 Å². The first-order valence-electron chi connectivity index (χ1n) is 13.0. The van der Waals surface area contributed by atoms with Crippen LogP contribution in [0.3, 0.4) is 0 Å². The number of ether oxygens (including phenoxy) is 2. The molecule has 0 unspecified atom stereocenters. The van der Waals surface area contributed by atoms with E-state index < -0.39 is 11.7 Å². The minimum atomic E-state index is -0.575. The van der Waals surface area contributed by atoms with Crippen LogP contribution in [-0.2, 0) is 24.3 Å². The number of benzene rings is 2. The summed E-state index contributed by atoms with van der Waals surface area (Å²) in [5, 5.41) is 7.00. The zero-order chi connectivity index (χ0) is 27.4. The molecule has 0 aliphatic rings. The highest BCUT2D eigenvalue weighted by Crippen LogP contribution is 2.36. The molecule has 2 heterocycles. The van der Waals surface area contributed by atoms with Crippen LogP contribution in [0.15, 0.2) is 47.8 Å². The number of rotatable bonds is 8. The highest BCUT2D eigenvalue weighted by molar-refractivity contribution is 7.09. The summed E-state index contributed by atoms with van der Waals surface area (Å²) in [7, 11) is 0. The van der Waals surface area contributed by atoms with Gasteiger partial charge in [0.05, 0.1) is 16.2 Å². The Morgan fingerprint density at radius 3 is 2.42 bits per heavy atom. The number of fused-ring (bicyclic) bond motifs is 1. The molecule has 7 heteroatoms. The van der Waals surface area contributed by atoms with E-state index in [9.17, 15) is 4.79 Å². The average molecular weight is 532 g/mol. The maximum atomic E-state index is 12.6. The summed E-state index contributed by atoms with van der Waals surface area (Å²) in [4.78, 5) is 22.2. The number of nitrogens with one attached hydrogen (secondary N) is 1. The average Bonchev–Trinajstić information content (AvgIpc) is 3.25. The normalized spacial score (nSPS) is 11.7. The molecule has 1 amide bonds. The van der Waals surface area contributed by atoms with Crippen molar-refractivity contribution in [1.82, 2.24) is 15.3 Å². The third-order valence-corrected chi connectivity index (χ3v) is 6.77. The van der Waals surface area contributed by atoms with E-state index in [2.05, 4.69) is 55.3 Å². The highest BCUT2D eigenvalue weighted by atomic mass is 32.1. The van der Waals surface area contributed by atoms with Gasteiger partial charge in [-0.05, 0) is 76.3 Å². The van der Waals surface area contributed by atoms with Crippen LogP contribution in [0.1, 0.15) is 62.1 Å². The fraction of sp³-hybridized carbons (Fsp3) is 0.387. The summed E-state index contributed by atoms with van der Waals surface area (Å²) in [6, 6.07) is 14.5. The molecule has 0 aliphatic heterocycles. The number of aromatic nitrogens is 2. The Morgan fingerprint density at radius 2 is 1.79 bits per heavy atom. The molecule has 0 aliphatic carbocycles. The number of hydrogen-bond acceptors (Lipinski definition) is 6. The summed E-state index contributed by atoms with van der Waals surface area (Å²) in [6.45, 7) is 14.7. The Morgan fingerprint density at radius 1 is 1.05 bits per heavy atom. The van der Waals surface area contributed by atoms with Crippen LogP contribution in [-0.4, -0.2) is 21.7 Å². The highest BCUT2D eigenvalue weighted by Gasteiger charge is 2.21. The maximum Gasteiger partial charge on any atom is 0.407 e. The predicted molar refractivity (Wildman–Crippen MR) is 155 cm³/mol. The molecule has 0 spiro atoms. The molecule has 200 valence electrons. The molecular weight excluding hydrogens is 494 g/mol. The monoisotopic (exact) mass is 531 g/mol. The quantitative estimate of drug-likeness (QED) is 0.251. The van der Waals surface area contributed by atoms with Gasteiger partial charge < -0.3 is 14.8 Å². The van der Waals surface area contributed by atoms with Crippen LogP contribution in [0.25, 0.3) is 22.0 Å². The van der Waals surface area contributed by atoms with Gasteiger partial charge in [-0.3, -0.25) is 4.98 Å². The van der Waals surface area contributed by atoms with E-state index in [1.807, 2.05) is 51.3 Å². The third kappa shape index (κ3) is 7.10. The van der Waals surface area contributed by atoms with Gasteiger partial charge in [0.25, 0.3) is 0 Å². The van der Waals surface area contributed by atoms with E-state index >= 15 is 0 Å². The first-order chi connectivity index (χ1) is 18.0. The van der Waals surface area contributed by atoms with E-state index in [4.69, 9.17) is 14.5 Å². The number of aryl methyl sites for hydroxylation is 2. The lowest BCUT2D eigenvalue weighted by Gasteiger charge is -2.22. The van der Waals surface area contributed by atoms with Crippen LogP contribution in [0.5, 0.6) is 5.75 Å². The molecule has 38 heavy (non-hydrogen) atoms. The third-order valence-electron chi connectivity index (χ3n) is 5.95. The molecular formula is C31H37N3O3S. The van der Waals surface area contributed by atoms with Gasteiger partial charge in [0.15, 0.2) is 0 Å². The van der Waals surface area contributed by atoms with Gasteiger partial charge in [0.2, 0.25) is 0 Å². The lowest BCUT2D eigenvalue weighted by Crippen LogP contribution is -2.32. The zero-order valence-electron chi connectivity index (χ0n) is 23.3. The molecule has 0 saturated heterocycles. The van der Waals surface area contributed by atoms with Crippen molar-refractivity contribution >= 4 is 28.3 Å². The van der Waals surface area contributed by atoms with Crippen molar-refractivity contribution in [2.24, 2.45) is 5.92 Å². The van der Waals surface area contributed by atoms with Gasteiger partial charge in [-0.2, -0.15) is 0 Å². The first-order valence-corrected chi connectivity index (χ1v) is 13.9. The van der Waals surface area contributed by atoms with E-state index in [0.29, 0.717) is 19.1 Å². The number of carbonyl (C=O) groups is 1. The molecule has 0 bridgehead atoms. The van der Waals surface area contributed by atoms with Gasteiger partial charge in [-0.25, -0.2) is 9.78 Å². The van der Waals surface area contributed by atoms with Crippen molar-refractivity contribution in [3.8, 4) is 16.9 Å². The lowest BCUT2D eigenvalue weighted by molar-refractivity contribution is 0.0523. The van der Waals surface area contributed by atoms with E-state index in [-0.39, 0.29) is 0 Å². The van der Waals surface area contributed by atoms with Crippen LogP contribution in [0.4, 0.5) is 4.79 Å². The van der Waals surface area contributed by atoms with Gasteiger partial charge in [0.1, 0.15) is 18.0 Å². The van der Waals surface area contributed by atoms with Gasteiger partial charge in [-0.15, -0.1) is 11.3 Å². The number of carbonyl (C=O) groups excluding carboxylic acids is 1. The van der Waals surface area contributed by atoms with Gasteiger partial charge in [-0.1, -0.05) is 43.7 Å². The standard InChI is InChI=1S/C31H37N3O3S/c1-19(2)14-28-26(16-32-30(35)37-31(5,6)7)29(22-10-8-20(3)9-11-22)25-15-24(12-13-27(25)34-28)36-17-23-18-38-21(4)33-23/h8-13,15,18-19H,14,16-17H2,1-7H3,(H,32,35). The second-order valence-corrected chi connectivity index (χ2v) is 12.1. The van der Waals surface area contributed by atoms with Crippen LogP contribution in [0.2, 0.25) is 0 Å². The molecule has 0 saturated carbocycles. The van der Waals surface area contributed by atoms with E-state index in [1.54, 1.807) is 11.3 Å². The number of nitrogens with zero attached hydrogens (tertiary/aromatic N) is 2. The Hall–Kier alpha value is -3.45. The number of alkyl carbamates (subject to hydrolysis) is 1. The molecule has 4 aromatic rings. The smallest absolute Gasteiger partial charge is 0.407 e. The molecule has 0 radical (unpaired) electrons. The van der Waals surface area contributed by atoms with Crippen molar-refractivity contribution in [2.75, 3.05) is 0 Å². The second-order valence-electron chi connectivity index (χ2n) is 11.1. The second kappa shape index (κ2) is 11.5. The summed E-state index contributed by atoms with van der Waals surface area (Å²) in [6.07, 6.45) is 0.347. The SMILES string of the molecule is Cc1ccc(-c2c(CNC(=O)OC(C)(C)C)c(CC(C)C)nc3ccc(OCc4csc(C)n4)cc23)cc1. The lowest BCUT2D eigenvalue weighted by atomic mass is 9.91. The number of pyridine rings is 1. The largest absolute Gasteiger partial charge is 0.487 e. The molecule has 1 N–H and O–H groups in total. The van der Waals surface area contributed by atoms with Gasteiger partial charge in [0, 0.05) is 28.6 Å². The number of thiazole rings is 1. The van der Waals surface area contributed by atoms with Crippen molar-refractivity contribution in [2.45, 2.75) is 73.6 Å². The van der Waals surface area contributed by atoms with Crippen molar-refractivity contribution < 1.29 is 14.3 Å². The van der Waals surface area contributed by atoms with Crippen LogP contribution < -0.4 is 10.1 Å². The fourth-order valence-corrected chi connectivity index (χ4v) is 4.92. The summed E-state index contributed by atoms with van der Waals surface area (Å²) < 4.78 is 11.7. The number of hydrogen-bond donors (Lipinski definition) is 1. The van der Waals surface area contributed by atoms with Crippen molar-refractivity contribution in [3.63, 3.8) is 0 Å². The summed E-state index contributed by atoms with van der Waals surface area (Å²) in [5.41, 5.74) is 6.52. The Kier molecular flexibility index (Phi) is 8.36. The maximum absolute atomic E-state index is 12.6. The Bertz CT molecular complexity index is 1420. The fourth-order valence-electron chi connectivity index (χ4n) is 4.32. The topological polar surface area (TPSA) is 73.3 Å². The van der Waals surface area contributed by atoms with Crippen LogP contribution in [0, 0.1) is 19.8 Å². The summed E-state index contributed by atoms with van der Waals surface area (Å²) >= 11 is 1.62. The van der Waals surface area contributed by atoms with Crippen LogP contribution >= 0.6 is 11.3 Å². The van der Waals surface area contributed by atoms with Crippen molar-refractivity contribution in [3.05, 3.63) is 75.4 Å². The molecule has 6 nitrogen and oxygen atoms in total. The predicted octanol–water partition coefficient (Wildman–Crippen LogP) is 7.78. The van der Waals surface area contributed by atoms with Crippen molar-refractivity contribution in [1.29, 1.82) is 0 Å². The van der Waals surface area contributed by atoms with E-state index in [1.165, 1.54) is 5.56 Å². The molecule has 4 rings (SSSR count). The first kappa shape index (κ1) is 27.6. The zero-order valence-corrected chi connectivity index (χ0v) is 24.2. The van der Waals surface area contributed by atoms with Gasteiger partial charge >= 0.3 is 6.09 Å². The van der Waals surface area contributed by atoms with E-state index in [0.717, 1.165) is 56.2 Å². The molecule has 2 aromatic carbocycles.